The van der Waals surface area contributed by atoms with E-state index in [-0.39, 0.29) is 17.4 Å². The Labute approximate surface area is 220 Å². The molecule has 0 aliphatic carbocycles. The van der Waals surface area contributed by atoms with Crippen LogP contribution in [0.5, 0.6) is 17.4 Å². The zero-order chi connectivity index (χ0) is 26.5. The monoisotopic (exact) mass is 516 g/mol. The van der Waals surface area contributed by atoms with E-state index in [4.69, 9.17) is 14.2 Å². The molecule has 2 aliphatic rings. The first kappa shape index (κ1) is 25.2. The SMILES string of the molecule is Cc1nc2c(c(-c3ccc(O)cc3)n1)OC(=O)/C=C\C(=O)OC(CCN1CCN(c3ccccc3)CC1)O2. The number of cyclic esters (lactones) is 1. The highest BCUT2D eigenvalue weighted by atomic mass is 16.7. The average molecular weight is 517 g/mol. The van der Waals surface area contributed by atoms with Crippen molar-refractivity contribution in [3.8, 4) is 28.6 Å². The molecule has 0 amide bonds. The van der Waals surface area contributed by atoms with Crippen molar-refractivity contribution in [3.63, 3.8) is 0 Å². The summed E-state index contributed by atoms with van der Waals surface area (Å²) in [5.41, 5.74) is 2.11. The molecule has 3 heterocycles. The van der Waals surface area contributed by atoms with Gasteiger partial charge in [-0.05, 0) is 43.3 Å². The van der Waals surface area contributed by atoms with Gasteiger partial charge in [-0.2, -0.15) is 4.98 Å². The van der Waals surface area contributed by atoms with Crippen molar-refractivity contribution < 1.29 is 28.9 Å². The Morgan fingerprint density at radius 2 is 1.61 bits per heavy atom. The van der Waals surface area contributed by atoms with Crippen LogP contribution in [0, 0.1) is 6.92 Å². The Morgan fingerprint density at radius 1 is 0.895 bits per heavy atom. The molecule has 0 saturated carbocycles. The number of benzene rings is 2. The number of carbonyl (C=O) groups excluding carboxylic acids is 2. The molecule has 38 heavy (non-hydrogen) atoms. The number of hydrogen-bond donors (Lipinski definition) is 1. The fourth-order valence-corrected chi connectivity index (χ4v) is 4.39. The van der Waals surface area contributed by atoms with Crippen LogP contribution in [0.1, 0.15) is 12.2 Å². The Morgan fingerprint density at radius 3 is 2.34 bits per heavy atom. The van der Waals surface area contributed by atoms with Crippen molar-refractivity contribution >= 4 is 17.6 Å². The number of fused-ring (bicyclic) bond motifs is 1. The molecule has 1 atom stereocenters. The lowest BCUT2D eigenvalue weighted by Gasteiger charge is -2.36. The predicted octanol–water partition coefficient (Wildman–Crippen LogP) is 3.09. The van der Waals surface area contributed by atoms with Gasteiger partial charge in [-0.1, -0.05) is 18.2 Å². The normalized spacial score (nSPS) is 19.1. The van der Waals surface area contributed by atoms with Gasteiger partial charge in [0.1, 0.15) is 17.3 Å². The smallest absolute Gasteiger partial charge is 0.336 e. The van der Waals surface area contributed by atoms with Crippen molar-refractivity contribution in [2.45, 2.75) is 19.6 Å². The molecule has 196 valence electrons. The molecule has 3 aromatic rings. The molecule has 0 radical (unpaired) electrons. The van der Waals surface area contributed by atoms with E-state index in [1.165, 1.54) is 17.8 Å². The number of rotatable bonds is 5. The number of phenolic OH excluding ortho intramolecular Hbond substituents is 1. The third-order valence-electron chi connectivity index (χ3n) is 6.31. The number of aryl methyl sites for hydroxylation is 1. The first-order chi connectivity index (χ1) is 18.4. The van der Waals surface area contributed by atoms with Gasteiger partial charge in [0, 0.05) is 62.5 Å². The van der Waals surface area contributed by atoms with E-state index in [0.717, 1.165) is 38.3 Å². The lowest BCUT2D eigenvalue weighted by atomic mass is 10.1. The van der Waals surface area contributed by atoms with Crippen LogP contribution in [0.2, 0.25) is 0 Å². The lowest BCUT2D eigenvalue weighted by molar-refractivity contribution is -0.160. The van der Waals surface area contributed by atoms with Crippen molar-refractivity contribution in [1.82, 2.24) is 14.9 Å². The standard InChI is InChI=1S/C28H28N4O6/c1-19-29-26(20-7-9-22(33)10-8-20)27-28(30-19)38-25(36-23(34)11-12-24(35)37-27)13-14-31-15-17-32(18-16-31)21-5-3-2-4-6-21/h2-12,25,33H,13-18H2,1H3/b12-11-. The van der Waals surface area contributed by atoms with Crippen molar-refractivity contribution in [1.29, 1.82) is 0 Å². The lowest BCUT2D eigenvalue weighted by Crippen LogP contribution is -2.47. The molecule has 1 unspecified atom stereocenters. The van der Waals surface area contributed by atoms with Gasteiger partial charge in [0.05, 0.1) is 0 Å². The summed E-state index contributed by atoms with van der Waals surface area (Å²) in [5.74, 6) is -1.05. The van der Waals surface area contributed by atoms with E-state index in [1.54, 1.807) is 19.1 Å². The maximum Gasteiger partial charge on any atom is 0.336 e. The maximum absolute atomic E-state index is 12.4. The number of ether oxygens (including phenoxy) is 3. The van der Waals surface area contributed by atoms with Crippen molar-refractivity contribution in [2.24, 2.45) is 0 Å². The van der Waals surface area contributed by atoms with Gasteiger partial charge in [0.25, 0.3) is 5.88 Å². The second kappa shape index (κ2) is 11.3. The Hall–Kier alpha value is -4.44. The number of nitrogens with zero attached hydrogens (tertiary/aromatic N) is 4. The zero-order valence-electron chi connectivity index (χ0n) is 20.9. The molecule has 5 rings (SSSR count). The number of esters is 2. The van der Waals surface area contributed by atoms with Crippen LogP contribution in [0.3, 0.4) is 0 Å². The minimum Gasteiger partial charge on any atom is -0.508 e. The highest BCUT2D eigenvalue weighted by Gasteiger charge is 2.27. The minimum atomic E-state index is -0.961. The Balaban J connectivity index is 1.34. The molecule has 10 heteroatoms. The molecule has 10 nitrogen and oxygen atoms in total. The van der Waals surface area contributed by atoms with E-state index >= 15 is 0 Å². The molecule has 2 aliphatic heterocycles. The van der Waals surface area contributed by atoms with Crippen LogP contribution in [-0.2, 0) is 14.3 Å². The largest absolute Gasteiger partial charge is 0.508 e. The minimum absolute atomic E-state index is 0.00378. The Bertz CT molecular complexity index is 1320. The topological polar surface area (TPSA) is 114 Å². The second-order valence-corrected chi connectivity index (χ2v) is 8.99. The fraction of sp³-hybridized carbons (Fsp3) is 0.286. The molecule has 1 N–H and O–H groups in total. The van der Waals surface area contributed by atoms with Crippen LogP contribution in [0.4, 0.5) is 5.69 Å². The summed E-state index contributed by atoms with van der Waals surface area (Å²) in [5, 5.41) is 9.68. The maximum atomic E-state index is 12.4. The second-order valence-electron chi connectivity index (χ2n) is 8.99. The van der Waals surface area contributed by atoms with Gasteiger partial charge < -0.3 is 24.2 Å². The number of phenols is 1. The number of piperazine rings is 1. The summed E-state index contributed by atoms with van der Waals surface area (Å²) < 4.78 is 17.1. The summed E-state index contributed by atoms with van der Waals surface area (Å²) in [4.78, 5) is 38.2. The third-order valence-corrected chi connectivity index (χ3v) is 6.31. The van der Waals surface area contributed by atoms with E-state index in [0.29, 0.717) is 30.0 Å². The molecule has 1 aromatic heterocycles. The first-order valence-corrected chi connectivity index (χ1v) is 12.4. The summed E-state index contributed by atoms with van der Waals surface area (Å²) in [6.07, 6.45) is 1.43. The van der Waals surface area contributed by atoms with E-state index in [2.05, 4.69) is 31.9 Å². The van der Waals surface area contributed by atoms with Gasteiger partial charge in [0.2, 0.25) is 12.0 Å². The zero-order valence-corrected chi connectivity index (χ0v) is 20.9. The third kappa shape index (κ3) is 6.09. The molecule has 1 saturated heterocycles. The molecular weight excluding hydrogens is 488 g/mol. The van der Waals surface area contributed by atoms with E-state index in [1.807, 2.05) is 18.2 Å². The van der Waals surface area contributed by atoms with Crippen LogP contribution in [0.25, 0.3) is 11.3 Å². The number of anilines is 1. The van der Waals surface area contributed by atoms with Crippen LogP contribution < -0.4 is 14.4 Å². The summed E-state index contributed by atoms with van der Waals surface area (Å²) in [6.45, 7) is 5.81. The highest BCUT2D eigenvalue weighted by Crippen LogP contribution is 2.37. The fourth-order valence-electron chi connectivity index (χ4n) is 4.39. The molecule has 0 bridgehead atoms. The van der Waals surface area contributed by atoms with Gasteiger partial charge in [-0.15, -0.1) is 0 Å². The van der Waals surface area contributed by atoms with Crippen LogP contribution in [-0.4, -0.2) is 70.9 Å². The number of para-hydroxylation sites is 1. The van der Waals surface area contributed by atoms with Crippen LogP contribution in [0.15, 0.2) is 66.7 Å². The van der Waals surface area contributed by atoms with Gasteiger partial charge >= 0.3 is 11.9 Å². The molecule has 1 fully saturated rings. The first-order valence-electron chi connectivity index (χ1n) is 12.4. The van der Waals surface area contributed by atoms with Crippen molar-refractivity contribution in [3.05, 3.63) is 72.6 Å². The van der Waals surface area contributed by atoms with Gasteiger partial charge in [0.15, 0.2) is 0 Å². The molecular formula is C28H28N4O6. The van der Waals surface area contributed by atoms with E-state index < -0.39 is 18.2 Å². The summed E-state index contributed by atoms with van der Waals surface area (Å²) in [6, 6.07) is 16.6. The number of aromatic hydroxyl groups is 1. The quantitative estimate of drug-likeness (QED) is 0.508. The van der Waals surface area contributed by atoms with Crippen molar-refractivity contribution in [2.75, 3.05) is 37.6 Å². The number of carbonyl (C=O) groups is 2. The number of hydrogen-bond acceptors (Lipinski definition) is 10. The highest BCUT2D eigenvalue weighted by molar-refractivity contribution is 5.93. The van der Waals surface area contributed by atoms with E-state index in [9.17, 15) is 14.7 Å². The Kier molecular flexibility index (Phi) is 7.50. The number of aromatic nitrogens is 2. The molecule has 2 aromatic carbocycles. The summed E-state index contributed by atoms with van der Waals surface area (Å²) in [7, 11) is 0. The molecule has 0 spiro atoms. The summed E-state index contributed by atoms with van der Waals surface area (Å²) >= 11 is 0. The van der Waals surface area contributed by atoms with Gasteiger partial charge in [-0.3, -0.25) is 4.90 Å². The average Bonchev–Trinajstić information content (AvgIpc) is 2.93. The predicted molar refractivity (Wildman–Crippen MR) is 139 cm³/mol. The van der Waals surface area contributed by atoms with Crippen LogP contribution >= 0.6 is 0 Å². The van der Waals surface area contributed by atoms with Gasteiger partial charge in [-0.25, -0.2) is 14.6 Å².